The van der Waals surface area contributed by atoms with Gasteiger partial charge in [-0.2, -0.15) is 5.10 Å². The predicted molar refractivity (Wildman–Crippen MR) is 63.8 cm³/mol. The third kappa shape index (κ3) is 1.84. The summed E-state index contributed by atoms with van der Waals surface area (Å²) in [5, 5.41) is 4.35. The summed E-state index contributed by atoms with van der Waals surface area (Å²) in [5.74, 6) is 1.54. The van der Waals surface area contributed by atoms with Crippen molar-refractivity contribution in [2.75, 3.05) is 0 Å². The van der Waals surface area contributed by atoms with Crippen molar-refractivity contribution in [3.05, 3.63) is 35.2 Å². The molecule has 0 atom stereocenters. The summed E-state index contributed by atoms with van der Waals surface area (Å²) >= 11 is 0. The van der Waals surface area contributed by atoms with E-state index in [0.717, 1.165) is 17.2 Å². The SMILES string of the molecule is Cc1ccc(-c2nc(CN)n(C)n2)cc1C. The number of benzene rings is 1. The van der Waals surface area contributed by atoms with Gasteiger partial charge in [0.05, 0.1) is 6.54 Å². The lowest BCUT2D eigenvalue weighted by molar-refractivity contribution is 0.703. The molecule has 0 amide bonds. The number of rotatable bonds is 2. The lowest BCUT2D eigenvalue weighted by Crippen LogP contribution is -2.05. The molecule has 4 nitrogen and oxygen atoms in total. The highest BCUT2D eigenvalue weighted by molar-refractivity contribution is 5.56. The average molecular weight is 216 g/mol. The maximum absolute atomic E-state index is 5.57. The number of aryl methyl sites for hydroxylation is 3. The molecule has 0 saturated heterocycles. The lowest BCUT2D eigenvalue weighted by Gasteiger charge is -2.01. The first-order chi connectivity index (χ1) is 7.61. The van der Waals surface area contributed by atoms with Crippen molar-refractivity contribution in [2.45, 2.75) is 20.4 Å². The van der Waals surface area contributed by atoms with Gasteiger partial charge in [0, 0.05) is 12.6 Å². The maximum Gasteiger partial charge on any atom is 0.181 e. The maximum atomic E-state index is 5.57. The fourth-order valence-electron chi connectivity index (χ4n) is 1.60. The van der Waals surface area contributed by atoms with Gasteiger partial charge in [0.2, 0.25) is 0 Å². The predicted octanol–water partition coefficient (Wildman–Crippen LogP) is 1.56. The molecule has 0 spiro atoms. The van der Waals surface area contributed by atoms with Crippen molar-refractivity contribution in [2.24, 2.45) is 12.8 Å². The molecule has 4 heteroatoms. The molecule has 0 radical (unpaired) electrons. The van der Waals surface area contributed by atoms with Gasteiger partial charge in [0.1, 0.15) is 5.82 Å². The molecule has 0 fully saturated rings. The molecule has 0 aliphatic carbocycles. The quantitative estimate of drug-likeness (QED) is 0.828. The minimum absolute atomic E-state index is 0.411. The van der Waals surface area contributed by atoms with Crippen LogP contribution in [0.3, 0.4) is 0 Å². The summed E-state index contributed by atoms with van der Waals surface area (Å²) in [4.78, 5) is 4.40. The molecule has 2 aromatic rings. The Bertz CT molecular complexity index is 514. The minimum Gasteiger partial charge on any atom is -0.324 e. The Kier molecular flexibility index (Phi) is 2.75. The summed E-state index contributed by atoms with van der Waals surface area (Å²) in [5.41, 5.74) is 9.14. The van der Waals surface area contributed by atoms with Gasteiger partial charge in [-0.1, -0.05) is 12.1 Å². The molecule has 1 aromatic carbocycles. The van der Waals surface area contributed by atoms with Crippen LogP contribution < -0.4 is 5.73 Å². The van der Waals surface area contributed by atoms with Crippen molar-refractivity contribution in [3.8, 4) is 11.4 Å². The Labute approximate surface area is 95.1 Å². The van der Waals surface area contributed by atoms with E-state index in [0.29, 0.717) is 6.54 Å². The monoisotopic (exact) mass is 216 g/mol. The zero-order valence-corrected chi connectivity index (χ0v) is 9.86. The van der Waals surface area contributed by atoms with Crippen LogP contribution in [0.1, 0.15) is 17.0 Å². The molecule has 0 bridgehead atoms. The Morgan fingerprint density at radius 2 is 2.00 bits per heavy atom. The van der Waals surface area contributed by atoms with Crippen LogP contribution in [0.4, 0.5) is 0 Å². The summed E-state index contributed by atoms with van der Waals surface area (Å²) < 4.78 is 1.73. The Morgan fingerprint density at radius 1 is 1.25 bits per heavy atom. The highest BCUT2D eigenvalue weighted by atomic mass is 15.3. The van der Waals surface area contributed by atoms with Crippen molar-refractivity contribution < 1.29 is 0 Å². The van der Waals surface area contributed by atoms with E-state index < -0.39 is 0 Å². The van der Waals surface area contributed by atoms with E-state index in [9.17, 15) is 0 Å². The second-order valence-electron chi connectivity index (χ2n) is 3.98. The minimum atomic E-state index is 0.411. The Morgan fingerprint density at radius 3 is 2.56 bits per heavy atom. The molecule has 1 heterocycles. The molecule has 16 heavy (non-hydrogen) atoms. The van der Waals surface area contributed by atoms with Gasteiger partial charge in [-0.15, -0.1) is 0 Å². The number of hydrogen-bond acceptors (Lipinski definition) is 3. The van der Waals surface area contributed by atoms with Gasteiger partial charge >= 0.3 is 0 Å². The van der Waals surface area contributed by atoms with E-state index in [1.165, 1.54) is 11.1 Å². The van der Waals surface area contributed by atoms with Crippen LogP contribution in [0.5, 0.6) is 0 Å². The molecular formula is C12H16N4. The van der Waals surface area contributed by atoms with Crippen molar-refractivity contribution in [1.82, 2.24) is 14.8 Å². The van der Waals surface area contributed by atoms with Gasteiger partial charge in [0.25, 0.3) is 0 Å². The first-order valence-electron chi connectivity index (χ1n) is 5.29. The van der Waals surface area contributed by atoms with Crippen LogP contribution in [0.25, 0.3) is 11.4 Å². The molecule has 0 aliphatic heterocycles. The largest absolute Gasteiger partial charge is 0.324 e. The molecular weight excluding hydrogens is 200 g/mol. The standard InChI is InChI=1S/C12H16N4/c1-8-4-5-10(6-9(8)2)12-14-11(7-13)16(3)15-12/h4-6H,7,13H2,1-3H3. The van der Waals surface area contributed by atoms with Crippen LogP contribution in [-0.4, -0.2) is 14.8 Å². The number of nitrogens with zero attached hydrogens (tertiary/aromatic N) is 3. The normalized spacial score (nSPS) is 10.8. The summed E-state index contributed by atoms with van der Waals surface area (Å²) in [6, 6.07) is 6.23. The van der Waals surface area contributed by atoms with E-state index in [4.69, 9.17) is 5.73 Å². The number of aromatic nitrogens is 3. The second kappa shape index (κ2) is 4.06. The molecule has 0 aliphatic rings. The van der Waals surface area contributed by atoms with Crippen LogP contribution in [0.15, 0.2) is 18.2 Å². The van der Waals surface area contributed by atoms with E-state index in [1.54, 1.807) is 4.68 Å². The number of nitrogens with two attached hydrogens (primary N) is 1. The van der Waals surface area contributed by atoms with E-state index >= 15 is 0 Å². The first-order valence-corrected chi connectivity index (χ1v) is 5.29. The molecule has 84 valence electrons. The summed E-state index contributed by atoms with van der Waals surface area (Å²) in [7, 11) is 1.86. The van der Waals surface area contributed by atoms with Crippen molar-refractivity contribution in [1.29, 1.82) is 0 Å². The molecule has 2 N–H and O–H groups in total. The topological polar surface area (TPSA) is 56.7 Å². The molecule has 0 unspecified atom stereocenters. The third-order valence-corrected chi connectivity index (χ3v) is 2.80. The van der Waals surface area contributed by atoms with Gasteiger partial charge in [-0.3, -0.25) is 4.68 Å². The van der Waals surface area contributed by atoms with Gasteiger partial charge in [-0.25, -0.2) is 4.98 Å². The van der Waals surface area contributed by atoms with Crippen molar-refractivity contribution in [3.63, 3.8) is 0 Å². The smallest absolute Gasteiger partial charge is 0.181 e. The lowest BCUT2D eigenvalue weighted by atomic mass is 10.1. The van der Waals surface area contributed by atoms with Crippen LogP contribution in [0, 0.1) is 13.8 Å². The van der Waals surface area contributed by atoms with Crippen LogP contribution >= 0.6 is 0 Å². The Hall–Kier alpha value is -1.68. The Balaban J connectivity index is 2.46. The van der Waals surface area contributed by atoms with Gasteiger partial charge in [0.15, 0.2) is 5.82 Å². The van der Waals surface area contributed by atoms with Gasteiger partial charge in [-0.05, 0) is 31.0 Å². The first kappa shape index (κ1) is 10.8. The third-order valence-electron chi connectivity index (χ3n) is 2.80. The van der Waals surface area contributed by atoms with Crippen molar-refractivity contribution >= 4 is 0 Å². The fraction of sp³-hybridized carbons (Fsp3) is 0.333. The zero-order valence-electron chi connectivity index (χ0n) is 9.86. The highest BCUT2D eigenvalue weighted by Crippen LogP contribution is 2.18. The highest BCUT2D eigenvalue weighted by Gasteiger charge is 2.08. The summed E-state index contributed by atoms with van der Waals surface area (Å²) in [6.45, 7) is 4.59. The molecule has 0 saturated carbocycles. The molecule has 2 rings (SSSR count). The zero-order chi connectivity index (χ0) is 11.7. The molecule has 1 aromatic heterocycles. The van der Waals surface area contributed by atoms with Gasteiger partial charge < -0.3 is 5.73 Å². The average Bonchev–Trinajstić information content (AvgIpc) is 2.64. The van der Waals surface area contributed by atoms with E-state index in [-0.39, 0.29) is 0 Å². The number of hydrogen-bond donors (Lipinski definition) is 1. The van der Waals surface area contributed by atoms with Crippen LogP contribution in [0.2, 0.25) is 0 Å². The second-order valence-corrected chi connectivity index (χ2v) is 3.98. The summed E-state index contributed by atoms with van der Waals surface area (Å²) in [6.07, 6.45) is 0. The fourth-order valence-corrected chi connectivity index (χ4v) is 1.60. The van der Waals surface area contributed by atoms with Crippen LogP contribution in [-0.2, 0) is 13.6 Å². The van der Waals surface area contributed by atoms with E-state index in [2.05, 4.69) is 36.1 Å². The van der Waals surface area contributed by atoms with E-state index in [1.807, 2.05) is 13.1 Å².